The Bertz CT molecular complexity index is 107. The Labute approximate surface area is 74.1 Å². The van der Waals surface area contributed by atoms with Crippen LogP contribution >= 0.6 is 7.14 Å². The van der Waals surface area contributed by atoms with Crippen LogP contribution in [0.5, 0.6) is 0 Å². The first-order chi connectivity index (χ1) is 4.98. The van der Waals surface area contributed by atoms with Gasteiger partial charge in [0.1, 0.15) is 0 Å². The maximum Gasteiger partial charge on any atom is 0.364 e. The van der Waals surface area contributed by atoms with Gasteiger partial charge in [-0.05, 0) is 20.6 Å². The maximum absolute atomic E-state index is 6.10. The van der Waals surface area contributed by atoms with E-state index in [0.29, 0.717) is 0 Å². The lowest BCUT2D eigenvalue weighted by atomic mass is 10.3. The standard InChI is InChI=1S/C7H17B2NP/c1-4-6-11(3,9)7-5-10(2)8/h4-7H2,1-3H3/q+1. The van der Waals surface area contributed by atoms with Gasteiger partial charge in [0.25, 0.3) is 0 Å². The molecule has 0 aromatic rings. The van der Waals surface area contributed by atoms with E-state index < -0.39 is 7.14 Å². The predicted molar refractivity (Wildman–Crippen MR) is 57.0 cm³/mol. The van der Waals surface area contributed by atoms with Crippen molar-refractivity contribution in [2.45, 2.75) is 13.3 Å². The highest BCUT2D eigenvalue weighted by Gasteiger charge is 2.23. The summed E-state index contributed by atoms with van der Waals surface area (Å²) in [6.45, 7) is 5.29. The van der Waals surface area contributed by atoms with Crippen LogP contribution in [-0.4, -0.2) is 52.9 Å². The topological polar surface area (TPSA) is 3.24 Å². The van der Waals surface area contributed by atoms with E-state index in [1.807, 2.05) is 7.05 Å². The molecule has 0 aromatic carbocycles. The molecule has 0 rings (SSSR count). The van der Waals surface area contributed by atoms with Crippen molar-refractivity contribution in [2.75, 3.05) is 32.6 Å². The Balaban J connectivity index is 3.54. The molecule has 0 amide bonds. The highest BCUT2D eigenvalue weighted by Crippen LogP contribution is 2.49. The molecule has 0 saturated carbocycles. The summed E-state index contributed by atoms with van der Waals surface area (Å²) in [5.74, 6) is 0. The lowest BCUT2D eigenvalue weighted by molar-refractivity contribution is 0.584. The first kappa shape index (κ1) is 11.5. The molecule has 60 valence electrons. The van der Waals surface area contributed by atoms with Crippen LogP contribution in [0.4, 0.5) is 0 Å². The number of hydrogen-bond donors (Lipinski definition) is 0. The number of nitrogens with zero attached hydrogens (tertiary/aromatic N) is 1. The fourth-order valence-corrected chi connectivity index (χ4v) is 3.03. The molecule has 11 heavy (non-hydrogen) atoms. The van der Waals surface area contributed by atoms with Gasteiger partial charge in [-0.1, -0.05) is 6.92 Å². The summed E-state index contributed by atoms with van der Waals surface area (Å²) in [5.41, 5.74) is 0. The van der Waals surface area contributed by atoms with E-state index in [4.69, 9.17) is 15.5 Å². The molecule has 0 saturated heterocycles. The van der Waals surface area contributed by atoms with E-state index in [9.17, 15) is 0 Å². The van der Waals surface area contributed by atoms with Crippen LogP contribution in [0.3, 0.4) is 0 Å². The minimum absolute atomic E-state index is 0.917. The molecule has 0 aliphatic carbocycles. The zero-order chi connectivity index (χ0) is 8.91. The highest BCUT2D eigenvalue weighted by molar-refractivity contribution is 7.96. The molecule has 1 atom stereocenters. The van der Waals surface area contributed by atoms with Gasteiger partial charge in [0.15, 0.2) is 7.98 Å². The SMILES string of the molecule is [B]N(C)CC[P+]([B])(C)CCC. The summed E-state index contributed by atoms with van der Waals surface area (Å²) in [6.07, 6.45) is 3.45. The predicted octanol–water partition coefficient (Wildman–Crippen LogP) is 1.14. The monoisotopic (exact) mass is 168 g/mol. The van der Waals surface area contributed by atoms with Crippen LogP contribution in [-0.2, 0) is 0 Å². The third-order valence-corrected chi connectivity index (χ3v) is 4.39. The molecule has 0 heterocycles. The van der Waals surface area contributed by atoms with Gasteiger partial charge in [0.2, 0.25) is 0 Å². The van der Waals surface area contributed by atoms with Gasteiger partial charge < -0.3 is 4.81 Å². The molecule has 1 nitrogen and oxygen atoms in total. The molecule has 4 heteroatoms. The van der Waals surface area contributed by atoms with Crippen molar-refractivity contribution in [1.82, 2.24) is 4.81 Å². The smallest absolute Gasteiger partial charge is 0.353 e. The summed E-state index contributed by atoms with van der Waals surface area (Å²) in [4.78, 5) is 1.71. The van der Waals surface area contributed by atoms with Gasteiger partial charge in [0.05, 0.1) is 6.16 Å². The van der Waals surface area contributed by atoms with Crippen molar-refractivity contribution < 1.29 is 0 Å². The molecule has 0 aromatic heterocycles. The molecule has 1 unspecified atom stereocenters. The second kappa shape index (κ2) is 5.22. The minimum Gasteiger partial charge on any atom is -0.353 e. The lowest BCUT2D eigenvalue weighted by Crippen LogP contribution is -2.20. The summed E-state index contributed by atoms with van der Waals surface area (Å²) in [6, 6.07) is 0. The maximum atomic E-state index is 6.10. The fraction of sp³-hybridized carbons (Fsp3) is 1.00. The minimum atomic E-state index is -1.12. The third-order valence-electron chi connectivity index (χ3n) is 1.70. The summed E-state index contributed by atoms with van der Waals surface area (Å²) in [7, 11) is 12.4. The Kier molecular flexibility index (Phi) is 5.46. The van der Waals surface area contributed by atoms with E-state index in [-0.39, 0.29) is 0 Å². The van der Waals surface area contributed by atoms with Crippen LogP contribution < -0.4 is 0 Å². The second-order valence-corrected chi connectivity index (χ2v) is 7.26. The van der Waals surface area contributed by atoms with E-state index >= 15 is 0 Å². The van der Waals surface area contributed by atoms with Gasteiger partial charge in [0, 0.05) is 19.4 Å². The van der Waals surface area contributed by atoms with E-state index in [1.165, 1.54) is 12.6 Å². The number of hydrogen-bond acceptors (Lipinski definition) is 1. The third kappa shape index (κ3) is 6.90. The molecule has 0 bridgehead atoms. The fourth-order valence-electron chi connectivity index (χ4n) is 1.01. The van der Waals surface area contributed by atoms with E-state index in [0.717, 1.165) is 12.7 Å². The van der Waals surface area contributed by atoms with Crippen molar-refractivity contribution in [3.8, 4) is 0 Å². The van der Waals surface area contributed by atoms with Crippen LogP contribution in [0.2, 0.25) is 0 Å². The van der Waals surface area contributed by atoms with Crippen molar-refractivity contribution in [1.29, 1.82) is 0 Å². The zero-order valence-electron chi connectivity index (χ0n) is 7.88. The van der Waals surface area contributed by atoms with Crippen molar-refractivity contribution in [2.24, 2.45) is 0 Å². The highest BCUT2D eigenvalue weighted by atomic mass is 31.2. The first-order valence-electron chi connectivity index (χ1n) is 4.07. The quantitative estimate of drug-likeness (QED) is 0.439. The molecular formula is C7H17B2NP+. The van der Waals surface area contributed by atoms with Crippen molar-refractivity contribution >= 4 is 22.7 Å². The van der Waals surface area contributed by atoms with Crippen LogP contribution in [0.25, 0.3) is 0 Å². The first-order valence-corrected chi connectivity index (χ1v) is 6.74. The van der Waals surface area contributed by atoms with Gasteiger partial charge in [-0.2, -0.15) is 0 Å². The average Bonchev–Trinajstić information content (AvgIpc) is 1.84. The summed E-state index contributed by atoms with van der Waals surface area (Å²) < 4.78 is 0. The molecular weight excluding hydrogens is 151 g/mol. The van der Waals surface area contributed by atoms with Crippen LogP contribution in [0, 0.1) is 0 Å². The van der Waals surface area contributed by atoms with E-state index in [2.05, 4.69) is 13.6 Å². The second-order valence-electron chi connectivity index (χ2n) is 3.41. The Morgan fingerprint density at radius 2 is 1.91 bits per heavy atom. The largest absolute Gasteiger partial charge is 0.364 e. The lowest BCUT2D eigenvalue weighted by Gasteiger charge is -2.20. The zero-order valence-corrected chi connectivity index (χ0v) is 8.77. The molecule has 4 radical (unpaired) electrons. The Morgan fingerprint density at radius 1 is 1.36 bits per heavy atom. The van der Waals surface area contributed by atoms with Gasteiger partial charge in [-0.25, -0.2) is 0 Å². The van der Waals surface area contributed by atoms with Gasteiger partial charge in [-0.15, -0.1) is 0 Å². The molecule has 0 N–H and O–H groups in total. The summed E-state index contributed by atoms with van der Waals surface area (Å²) >= 11 is 0. The molecule has 0 spiro atoms. The van der Waals surface area contributed by atoms with Crippen LogP contribution in [0.1, 0.15) is 13.3 Å². The molecule has 0 aliphatic rings. The van der Waals surface area contributed by atoms with Gasteiger partial charge >= 0.3 is 7.57 Å². The van der Waals surface area contributed by atoms with Crippen molar-refractivity contribution in [3.05, 3.63) is 0 Å². The Morgan fingerprint density at radius 3 is 2.27 bits per heavy atom. The van der Waals surface area contributed by atoms with Crippen molar-refractivity contribution in [3.63, 3.8) is 0 Å². The molecule has 0 fully saturated rings. The van der Waals surface area contributed by atoms with Crippen LogP contribution in [0.15, 0.2) is 0 Å². The molecule has 0 aliphatic heterocycles. The van der Waals surface area contributed by atoms with Gasteiger partial charge in [-0.3, -0.25) is 0 Å². The summed E-state index contributed by atoms with van der Waals surface area (Å²) in [5, 5.41) is 0. The average molecular weight is 168 g/mol. The van der Waals surface area contributed by atoms with E-state index in [1.54, 1.807) is 4.81 Å². The Hall–Kier alpha value is 0.520. The number of rotatable bonds is 5. The normalized spacial score (nSPS) is 16.7.